The summed E-state index contributed by atoms with van der Waals surface area (Å²) < 4.78 is 1.95. The number of carbonyl (C=O) groups is 1. The average Bonchev–Trinajstić information content (AvgIpc) is 3.15. The van der Waals surface area contributed by atoms with Gasteiger partial charge in [0.1, 0.15) is 0 Å². The highest BCUT2D eigenvalue weighted by Gasteiger charge is 2.09. The molecule has 4 aromatic rings. The van der Waals surface area contributed by atoms with Gasteiger partial charge in [-0.05, 0) is 43.0 Å². The number of amides is 1. The molecular weight excluding hydrogens is 358 g/mol. The number of fused-ring (bicyclic) bond motifs is 1. The lowest BCUT2D eigenvalue weighted by molar-refractivity contribution is 0.0953. The van der Waals surface area contributed by atoms with Crippen LogP contribution in [0.3, 0.4) is 0 Å². The maximum absolute atomic E-state index is 12.6. The van der Waals surface area contributed by atoms with E-state index in [2.05, 4.69) is 53.7 Å². The number of carbonyl (C=O) groups excluding carboxylic acids is 1. The average molecular weight is 383 g/mol. The molecule has 1 heterocycles. The molecule has 0 atom stereocenters. The monoisotopic (exact) mass is 383 g/mol. The zero-order valence-electron chi connectivity index (χ0n) is 16.6. The molecule has 4 rings (SSSR count). The van der Waals surface area contributed by atoms with Crippen LogP contribution < -0.4 is 5.32 Å². The van der Waals surface area contributed by atoms with Crippen molar-refractivity contribution in [3.8, 4) is 0 Å². The standard InChI is InChI=1S/C25H25N3O/c1-19-9-11-21(12-10-19)18-28-24-16-22(13-14-23(24)17-27-28)25(29)26-15-5-8-20-6-3-2-4-7-20/h2-4,6-7,9-14,16-17H,5,8,15,18H2,1H3,(H,26,29). The molecule has 0 bridgehead atoms. The molecule has 1 amide bonds. The molecule has 1 N–H and O–H groups in total. The molecule has 0 saturated carbocycles. The highest BCUT2D eigenvalue weighted by molar-refractivity contribution is 5.97. The number of aryl methyl sites for hydroxylation is 2. The van der Waals surface area contributed by atoms with Crippen LogP contribution in [-0.4, -0.2) is 22.2 Å². The van der Waals surface area contributed by atoms with Crippen molar-refractivity contribution in [2.75, 3.05) is 6.54 Å². The van der Waals surface area contributed by atoms with Crippen LogP contribution in [-0.2, 0) is 13.0 Å². The summed E-state index contributed by atoms with van der Waals surface area (Å²) in [5.41, 5.74) is 5.37. The SMILES string of the molecule is Cc1ccc(Cn2ncc3ccc(C(=O)NCCCc4ccccc4)cc32)cc1. The largest absolute Gasteiger partial charge is 0.352 e. The van der Waals surface area contributed by atoms with Gasteiger partial charge >= 0.3 is 0 Å². The van der Waals surface area contributed by atoms with Crippen molar-refractivity contribution in [3.63, 3.8) is 0 Å². The van der Waals surface area contributed by atoms with Crippen LogP contribution in [0.2, 0.25) is 0 Å². The molecule has 146 valence electrons. The molecule has 0 spiro atoms. The predicted octanol–water partition coefficient (Wildman–Crippen LogP) is 4.76. The number of hydrogen-bond acceptors (Lipinski definition) is 2. The predicted molar refractivity (Wildman–Crippen MR) is 117 cm³/mol. The second-order valence-electron chi connectivity index (χ2n) is 7.41. The third kappa shape index (κ3) is 4.72. The summed E-state index contributed by atoms with van der Waals surface area (Å²) in [6.07, 6.45) is 3.73. The smallest absolute Gasteiger partial charge is 0.251 e. The summed E-state index contributed by atoms with van der Waals surface area (Å²) in [6, 6.07) is 24.6. The molecule has 0 radical (unpaired) electrons. The first-order valence-corrected chi connectivity index (χ1v) is 10.0. The van der Waals surface area contributed by atoms with Crippen LogP contribution >= 0.6 is 0 Å². The van der Waals surface area contributed by atoms with Gasteiger partial charge in [0.2, 0.25) is 0 Å². The summed E-state index contributed by atoms with van der Waals surface area (Å²) in [5, 5.41) is 8.58. The Labute approximate surface area is 171 Å². The van der Waals surface area contributed by atoms with Crippen LogP contribution in [0, 0.1) is 6.92 Å². The molecule has 0 aliphatic heterocycles. The second-order valence-corrected chi connectivity index (χ2v) is 7.41. The van der Waals surface area contributed by atoms with Crippen molar-refractivity contribution in [1.29, 1.82) is 0 Å². The minimum absolute atomic E-state index is 0.0388. The highest BCUT2D eigenvalue weighted by Crippen LogP contribution is 2.17. The molecule has 4 heteroatoms. The Morgan fingerprint density at radius 2 is 1.76 bits per heavy atom. The van der Waals surface area contributed by atoms with Gasteiger partial charge in [-0.25, -0.2) is 0 Å². The molecular formula is C25H25N3O. The Kier molecular flexibility index (Phi) is 5.71. The van der Waals surface area contributed by atoms with Crippen molar-refractivity contribution >= 4 is 16.8 Å². The van der Waals surface area contributed by atoms with Crippen LogP contribution in [0.4, 0.5) is 0 Å². The summed E-state index contributed by atoms with van der Waals surface area (Å²) >= 11 is 0. The lowest BCUT2D eigenvalue weighted by Gasteiger charge is -2.08. The van der Waals surface area contributed by atoms with Gasteiger partial charge in [-0.3, -0.25) is 9.48 Å². The van der Waals surface area contributed by atoms with Crippen molar-refractivity contribution in [2.24, 2.45) is 0 Å². The summed E-state index contributed by atoms with van der Waals surface area (Å²) in [7, 11) is 0. The van der Waals surface area contributed by atoms with Crippen LogP contribution in [0.15, 0.2) is 79.0 Å². The van der Waals surface area contributed by atoms with E-state index in [1.807, 2.05) is 47.3 Å². The fourth-order valence-electron chi connectivity index (χ4n) is 3.45. The fourth-order valence-corrected chi connectivity index (χ4v) is 3.45. The summed E-state index contributed by atoms with van der Waals surface area (Å²) in [5.74, 6) is -0.0388. The lowest BCUT2D eigenvalue weighted by atomic mass is 10.1. The molecule has 0 saturated heterocycles. The van der Waals surface area contributed by atoms with E-state index in [1.54, 1.807) is 0 Å². The zero-order valence-corrected chi connectivity index (χ0v) is 16.6. The molecule has 4 nitrogen and oxygen atoms in total. The van der Waals surface area contributed by atoms with E-state index in [4.69, 9.17) is 0 Å². The van der Waals surface area contributed by atoms with E-state index in [1.165, 1.54) is 16.7 Å². The Morgan fingerprint density at radius 1 is 0.966 bits per heavy atom. The molecule has 1 aromatic heterocycles. The second kappa shape index (κ2) is 8.74. The van der Waals surface area contributed by atoms with E-state index in [0.717, 1.165) is 23.7 Å². The Morgan fingerprint density at radius 3 is 2.55 bits per heavy atom. The van der Waals surface area contributed by atoms with Gasteiger partial charge in [0, 0.05) is 17.5 Å². The van der Waals surface area contributed by atoms with Gasteiger partial charge in [0.25, 0.3) is 5.91 Å². The molecule has 0 unspecified atom stereocenters. The molecule has 29 heavy (non-hydrogen) atoms. The molecule has 3 aromatic carbocycles. The summed E-state index contributed by atoms with van der Waals surface area (Å²) in [4.78, 5) is 12.6. The molecule has 0 aliphatic rings. The lowest BCUT2D eigenvalue weighted by Crippen LogP contribution is -2.24. The minimum Gasteiger partial charge on any atom is -0.352 e. The number of nitrogens with one attached hydrogen (secondary N) is 1. The van der Waals surface area contributed by atoms with Crippen LogP contribution in [0.5, 0.6) is 0 Å². The topological polar surface area (TPSA) is 46.9 Å². The first-order valence-electron chi connectivity index (χ1n) is 10.0. The molecule has 0 fully saturated rings. The normalized spacial score (nSPS) is 10.9. The summed E-state index contributed by atoms with van der Waals surface area (Å²) in [6.45, 7) is 3.43. The van der Waals surface area contributed by atoms with Crippen molar-refractivity contribution < 1.29 is 4.79 Å². The van der Waals surface area contributed by atoms with Crippen LogP contribution in [0.1, 0.15) is 33.5 Å². The quantitative estimate of drug-likeness (QED) is 0.468. The number of hydrogen-bond donors (Lipinski definition) is 1. The fraction of sp³-hybridized carbons (Fsp3) is 0.200. The number of rotatable bonds is 7. The highest BCUT2D eigenvalue weighted by atomic mass is 16.1. The van der Waals surface area contributed by atoms with Crippen molar-refractivity contribution in [2.45, 2.75) is 26.3 Å². The van der Waals surface area contributed by atoms with Gasteiger partial charge in [-0.2, -0.15) is 5.10 Å². The maximum atomic E-state index is 12.6. The zero-order chi connectivity index (χ0) is 20.1. The first kappa shape index (κ1) is 18.9. The third-order valence-electron chi connectivity index (χ3n) is 5.13. The van der Waals surface area contributed by atoms with E-state index in [9.17, 15) is 4.79 Å². The van der Waals surface area contributed by atoms with Gasteiger partial charge < -0.3 is 5.32 Å². The van der Waals surface area contributed by atoms with E-state index >= 15 is 0 Å². The third-order valence-corrected chi connectivity index (χ3v) is 5.13. The van der Waals surface area contributed by atoms with Gasteiger partial charge in [-0.15, -0.1) is 0 Å². The Hall–Kier alpha value is -3.40. The minimum atomic E-state index is -0.0388. The van der Waals surface area contributed by atoms with Crippen LogP contribution in [0.25, 0.3) is 10.9 Å². The van der Waals surface area contributed by atoms with Gasteiger partial charge in [-0.1, -0.05) is 66.2 Å². The maximum Gasteiger partial charge on any atom is 0.251 e. The Balaban J connectivity index is 1.41. The van der Waals surface area contributed by atoms with E-state index in [0.29, 0.717) is 18.7 Å². The van der Waals surface area contributed by atoms with Crippen molar-refractivity contribution in [1.82, 2.24) is 15.1 Å². The number of benzene rings is 3. The van der Waals surface area contributed by atoms with Crippen molar-refractivity contribution in [3.05, 3.63) is 101 Å². The number of aromatic nitrogens is 2. The van der Waals surface area contributed by atoms with Gasteiger partial charge in [0.05, 0.1) is 18.3 Å². The first-order chi connectivity index (χ1) is 14.2. The van der Waals surface area contributed by atoms with E-state index < -0.39 is 0 Å². The van der Waals surface area contributed by atoms with E-state index in [-0.39, 0.29) is 5.91 Å². The van der Waals surface area contributed by atoms with Gasteiger partial charge in [0.15, 0.2) is 0 Å². The molecule has 0 aliphatic carbocycles. The Bertz CT molecular complexity index is 1100. The number of nitrogens with zero attached hydrogens (tertiary/aromatic N) is 2.